The van der Waals surface area contributed by atoms with Crippen LogP contribution in [0.15, 0.2) is 12.1 Å². The van der Waals surface area contributed by atoms with Crippen molar-refractivity contribution in [2.75, 3.05) is 13.2 Å². The van der Waals surface area contributed by atoms with Crippen molar-refractivity contribution in [1.29, 1.82) is 0 Å². The molecule has 2 aliphatic heterocycles. The van der Waals surface area contributed by atoms with E-state index in [0.29, 0.717) is 23.4 Å². The van der Waals surface area contributed by atoms with Crippen molar-refractivity contribution >= 4 is 12.6 Å². The Morgan fingerprint density at radius 2 is 1.87 bits per heavy atom. The van der Waals surface area contributed by atoms with Gasteiger partial charge < -0.3 is 18.8 Å². The number of nitrogens with zero attached hydrogens (tertiary/aromatic N) is 2. The average molecular weight is 430 g/mol. The van der Waals surface area contributed by atoms with E-state index in [1.54, 1.807) is 16.8 Å². The van der Waals surface area contributed by atoms with Gasteiger partial charge in [0.25, 0.3) is 0 Å². The zero-order chi connectivity index (χ0) is 22.6. The van der Waals surface area contributed by atoms with Gasteiger partial charge in [-0.15, -0.1) is 0 Å². The smallest absolute Gasteiger partial charge is 0.491 e. The van der Waals surface area contributed by atoms with Crippen molar-refractivity contribution in [2.24, 2.45) is 7.05 Å². The second-order valence-electron chi connectivity index (χ2n) is 9.58. The van der Waals surface area contributed by atoms with Crippen LogP contribution in [0.3, 0.4) is 0 Å². The third-order valence-electron chi connectivity index (χ3n) is 6.82. The second-order valence-corrected chi connectivity index (χ2v) is 9.58. The summed E-state index contributed by atoms with van der Waals surface area (Å²) in [5.74, 6) is 0.196. The van der Waals surface area contributed by atoms with Gasteiger partial charge in [0.1, 0.15) is 18.2 Å². The quantitative estimate of drug-likeness (QED) is 0.678. The summed E-state index contributed by atoms with van der Waals surface area (Å²) in [7, 11) is 1.03. The average Bonchev–Trinajstić information content (AvgIpc) is 3.33. The molecule has 168 valence electrons. The molecule has 0 bridgehead atoms. The van der Waals surface area contributed by atoms with Crippen molar-refractivity contribution in [3.63, 3.8) is 0 Å². The van der Waals surface area contributed by atoms with E-state index in [0.717, 1.165) is 36.4 Å². The molecule has 1 aromatic heterocycles. The summed E-state index contributed by atoms with van der Waals surface area (Å²) >= 11 is 0. The van der Waals surface area contributed by atoms with Crippen molar-refractivity contribution < 1.29 is 23.2 Å². The molecule has 31 heavy (non-hydrogen) atoms. The van der Waals surface area contributed by atoms with Crippen LogP contribution >= 0.6 is 0 Å². The van der Waals surface area contributed by atoms with E-state index < -0.39 is 18.3 Å². The van der Waals surface area contributed by atoms with Gasteiger partial charge in [0.05, 0.1) is 23.0 Å². The summed E-state index contributed by atoms with van der Waals surface area (Å²) < 4.78 is 41.7. The summed E-state index contributed by atoms with van der Waals surface area (Å²) in [6.45, 7) is 12.8. The highest BCUT2D eigenvalue weighted by Gasteiger charge is 2.52. The maximum Gasteiger partial charge on any atom is 0.498 e. The molecule has 2 fully saturated rings. The zero-order valence-electron chi connectivity index (χ0n) is 19.5. The molecule has 0 saturated carbocycles. The minimum Gasteiger partial charge on any atom is -0.491 e. The number of aryl methyl sites for hydroxylation is 2. The lowest BCUT2D eigenvalue weighted by Gasteiger charge is -2.32. The number of benzene rings is 1. The standard InChI is InChI=1S/C23H32BFN2O4/c1-14-20(15(2)27(7)26-14)18-11-17(29-13-16-9-8-10-28-16)12-19(21(18)25)24-30-22(3,4)23(5,6)31-24/h11-12,16H,8-10,13H2,1-7H3. The SMILES string of the molecule is Cc1nn(C)c(C)c1-c1cc(OCC2CCCO2)cc(B2OC(C)(C)C(C)(C)O2)c1F. The molecular formula is C23H32BFN2O4. The largest absolute Gasteiger partial charge is 0.498 e. The summed E-state index contributed by atoms with van der Waals surface area (Å²) in [6.07, 6.45) is 2.07. The van der Waals surface area contributed by atoms with Crippen LogP contribution in [-0.2, 0) is 21.1 Å². The van der Waals surface area contributed by atoms with E-state index in [4.69, 9.17) is 18.8 Å². The van der Waals surface area contributed by atoms with Gasteiger partial charge in [-0.3, -0.25) is 4.68 Å². The van der Waals surface area contributed by atoms with Gasteiger partial charge in [-0.2, -0.15) is 5.10 Å². The topological polar surface area (TPSA) is 54.7 Å². The summed E-state index contributed by atoms with van der Waals surface area (Å²) in [5.41, 5.74) is 2.04. The second kappa shape index (κ2) is 7.91. The van der Waals surface area contributed by atoms with Crippen molar-refractivity contribution in [3.8, 4) is 16.9 Å². The number of hydrogen-bond acceptors (Lipinski definition) is 5. The van der Waals surface area contributed by atoms with Crippen LogP contribution in [0.25, 0.3) is 11.1 Å². The van der Waals surface area contributed by atoms with Crippen LogP contribution < -0.4 is 10.2 Å². The van der Waals surface area contributed by atoms with Gasteiger partial charge in [-0.1, -0.05) is 0 Å². The molecule has 3 heterocycles. The Morgan fingerprint density at radius 3 is 2.42 bits per heavy atom. The Labute approximate surface area is 184 Å². The number of hydrogen-bond donors (Lipinski definition) is 0. The molecule has 4 rings (SSSR count). The minimum atomic E-state index is -0.827. The first-order chi connectivity index (χ1) is 14.5. The first-order valence-corrected chi connectivity index (χ1v) is 10.9. The summed E-state index contributed by atoms with van der Waals surface area (Å²) in [4.78, 5) is 0. The fourth-order valence-electron chi connectivity index (χ4n) is 4.15. The fourth-order valence-corrected chi connectivity index (χ4v) is 4.15. The van der Waals surface area contributed by atoms with E-state index in [9.17, 15) is 0 Å². The van der Waals surface area contributed by atoms with E-state index in [-0.39, 0.29) is 11.9 Å². The van der Waals surface area contributed by atoms with Gasteiger partial charge in [-0.05, 0) is 66.5 Å². The van der Waals surface area contributed by atoms with Crippen LogP contribution in [0.1, 0.15) is 51.9 Å². The van der Waals surface area contributed by atoms with Crippen LogP contribution in [0, 0.1) is 19.7 Å². The molecule has 0 N–H and O–H groups in total. The first kappa shape index (κ1) is 22.3. The molecule has 8 heteroatoms. The fraction of sp³-hybridized carbons (Fsp3) is 0.609. The Hall–Kier alpha value is -1.90. The lowest BCUT2D eigenvalue weighted by Crippen LogP contribution is -2.41. The van der Waals surface area contributed by atoms with Gasteiger partial charge in [0.2, 0.25) is 0 Å². The number of rotatable bonds is 5. The maximum absolute atomic E-state index is 15.9. The molecule has 0 aliphatic carbocycles. The number of aromatic nitrogens is 2. The molecule has 0 radical (unpaired) electrons. The van der Waals surface area contributed by atoms with Crippen LogP contribution in [-0.4, -0.2) is 47.4 Å². The van der Waals surface area contributed by atoms with E-state index in [2.05, 4.69) is 5.10 Å². The van der Waals surface area contributed by atoms with Gasteiger partial charge >= 0.3 is 7.12 Å². The molecule has 2 aliphatic rings. The molecule has 1 aromatic carbocycles. The Morgan fingerprint density at radius 1 is 1.19 bits per heavy atom. The highest BCUT2D eigenvalue weighted by molar-refractivity contribution is 6.62. The highest BCUT2D eigenvalue weighted by atomic mass is 19.1. The molecule has 1 atom stereocenters. The predicted molar refractivity (Wildman–Crippen MR) is 118 cm³/mol. The first-order valence-electron chi connectivity index (χ1n) is 10.9. The minimum absolute atomic E-state index is 0.0654. The Bertz CT molecular complexity index is 966. The number of halogens is 1. The summed E-state index contributed by atoms with van der Waals surface area (Å²) in [5, 5.41) is 4.47. The zero-order valence-corrected chi connectivity index (χ0v) is 19.5. The third-order valence-corrected chi connectivity index (χ3v) is 6.82. The predicted octanol–water partition coefficient (Wildman–Crippen LogP) is 3.70. The van der Waals surface area contributed by atoms with Crippen molar-refractivity contribution in [1.82, 2.24) is 9.78 Å². The van der Waals surface area contributed by atoms with Gasteiger partial charge in [-0.25, -0.2) is 4.39 Å². The highest BCUT2D eigenvalue weighted by Crippen LogP contribution is 2.38. The molecule has 0 spiro atoms. The number of ether oxygens (including phenoxy) is 2. The van der Waals surface area contributed by atoms with Crippen LogP contribution in [0.4, 0.5) is 4.39 Å². The van der Waals surface area contributed by atoms with E-state index >= 15 is 4.39 Å². The molecule has 0 amide bonds. The van der Waals surface area contributed by atoms with E-state index in [1.807, 2.05) is 48.6 Å². The summed E-state index contributed by atoms with van der Waals surface area (Å²) in [6, 6.07) is 3.44. The third kappa shape index (κ3) is 4.01. The van der Waals surface area contributed by atoms with E-state index in [1.165, 1.54) is 0 Å². The normalized spacial score (nSPS) is 22.3. The molecular weight excluding hydrogens is 398 g/mol. The molecule has 1 unspecified atom stereocenters. The monoisotopic (exact) mass is 430 g/mol. The maximum atomic E-state index is 15.9. The molecule has 6 nitrogen and oxygen atoms in total. The lowest BCUT2D eigenvalue weighted by molar-refractivity contribution is 0.00578. The van der Waals surface area contributed by atoms with Gasteiger partial charge in [0, 0.05) is 35.9 Å². The molecule has 2 saturated heterocycles. The van der Waals surface area contributed by atoms with Crippen LogP contribution in [0.5, 0.6) is 5.75 Å². The molecule has 2 aromatic rings. The Kier molecular flexibility index (Phi) is 5.69. The lowest BCUT2D eigenvalue weighted by atomic mass is 9.77. The Balaban J connectivity index is 1.77. The van der Waals surface area contributed by atoms with Crippen molar-refractivity contribution in [2.45, 2.75) is 71.7 Å². The van der Waals surface area contributed by atoms with Crippen LogP contribution in [0.2, 0.25) is 0 Å². The van der Waals surface area contributed by atoms with Crippen molar-refractivity contribution in [3.05, 3.63) is 29.3 Å². The van der Waals surface area contributed by atoms with Gasteiger partial charge in [0.15, 0.2) is 0 Å².